The summed E-state index contributed by atoms with van der Waals surface area (Å²) in [5.41, 5.74) is 9.92. The minimum absolute atomic E-state index is 0.263. The van der Waals surface area contributed by atoms with Crippen molar-refractivity contribution in [1.82, 2.24) is 20.2 Å². The molecule has 0 aliphatic carbocycles. The van der Waals surface area contributed by atoms with Crippen molar-refractivity contribution in [2.45, 2.75) is 6.54 Å². The molecule has 5 rings (SSSR count). The SMILES string of the molecule is C=C(NCc1cccc(Oc2cccc(OC)c2C#N)c1)c1ccc2c(N3CCN(C)CC3)nc(N)nc2c1. The van der Waals surface area contributed by atoms with E-state index in [0.29, 0.717) is 29.4 Å². The third-order valence-corrected chi connectivity index (χ3v) is 6.80. The smallest absolute Gasteiger partial charge is 0.222 e. The van der Waals surface area contributed by atoms with Gasteiger partial charge >= 0.3 is 0 Å². The number of nitrogens with one attached hydrogen (secondary N) is 1. The number of rotatable bonds is 8. The molecule has 39 heavy (non-hydrogen) atoms. The van der Waals surface area contributed by atoms with Gasteiger partial charge in [-0.1, -0.05) is 30.8 Å². The molecular weight excluding hydrogens is 490 g/mol. The van der Waals surface area contributed by atoms with Crippen molar-refractivity contribution in [1.29, 1.82) is 5.26 Å². The first-order valence-electron chi connectivity index (χ1n) is 12.7. The van der Waals surface area contributed by atoms with E-state index in [1.165, 1.54) is 7.11 Å². The van der Waals surface area contributed by atoms with Crippen LogP contribution in [0.5, 0.6) is 17.2 Å². The summed E-state index contributed by atoms with van der Waals surface area (Å²) in [5, 5.41) is 13.9. The zero-order valence-corrected chi connectivity index (χ0v) is 22.1. The van der Waals surface area contributed by atoms with Gasteiger partial charge in [0.15, 0.2) is 0 Å². The van der Waals surface area contributed by atoms with Crippen molar-refractivity contribution >= 4 is 28.4 Å². The van der Waals surface area contributed by atoms with Crippen LogP contribution in [0.2, 0.25) is 0 Å². The quantitative estimate of drug-likeness (QED) is 0.348. The number of nitrogens with zero attached hydrogens (tertiary/aromatic N) is 5. The zero-order chi connectivity index (χ0) is 27.4. The summed E-state index contributed by atoms with van der Waals surface area (Å²) in [6.45, 7) is 8.54. The number of anilines is 2. The first-order chi connectivity index (χ1) is 18.9. The number of hydrogen-bond donors (Lipinski definition) is 2. The van der Waals surface area contributed by atoms with E-state index >= 15 is 0 Å². The number of likely N-dealkylation sites (N-methyl/N-ethyl adjacent to an activating group) is 1. The normalized spacial score (nSPS) is 13.6. The van der Waals surface area contributed by atoms with Gasteiger partial charge in [0.05, 0.1) is 12.6 Å². The molecule has 1 aliphatic rings. The number of fused-ring (bicyclic) bond motifs is 1. The predicted octanol–water partition coefficient (Wildman–Crippen LogP) is 4.40. The molecule has 1 saturated heterocycles. The highest BCUT2D eigenvalue weighted by Crippen LogP contribution is 2.32. The maximum Gasteiger partial charge on any atom is 0.222 e. The molecule has 3 N–H and O–H groups in total. The molecule has 0 unspecified atom stereocenters. The van der Waals surface area contributed by atoms with Crippen LogP contribution >= 0.6 is 0 Å². The molecule has 0 saturated carbocycles. The molecule has 198 valence electrons. The maximum atomic E-state index is 9.54. The van der Waals surface area contributed by atoms with Crippen LogP contribution in [0.4, 0.5) is 11.8 Å². The molecule has 0 atom stereocenters. The summed E-state index contributed by atoms with van der Waals surface area (Å²) in [6.07, 6.45) is 0. The highest BCUT2D eigenvalue weighted by molar-refractivity contribution is 5.92. The lowest BCUT2D eigenvalue weighted by atomic mass is 10.1. The Hall–Kier alpha value is -4.81. The third kappa shape index (κ3) is 5.71. The van der Waals surface area contributed by atoms with Crippen molar-refractivity contribution in [3.8, 4) is 23.3 Å². The van der Waals surface area contributed by atoms with E-state index in [1.807, 2.05) is 42.5 Å². The molecular formula is C30H31N7O2. The van der Waals surface area contributed by atoms with Crippen LogP contribution in [0.1, 0.15) is 16.7 Å². The Balaban J connectivity index is 1.29. The van der Waals surface area contributed by atoms with Crippen LogP contribution in [0.3, 0.4) is 0 Å². The molecule has 0 bridgehead atoms. The van der Waals surface area contributed by atoms with Gasteiger partial charge in [-0.15, -0.1) is 0 Å². The summed E-state index contributed by atoms with van der Waals surface area (Å²) < 4.78 is 11.3. The molecule has 0 spiro atoms. The standard InChI is InChI=1S/C30H31N7O2/c1-20(22-10-11-24-26(17-22)34-30(32)35-29(24)37-14-12-36(2)13-15-37)33-19-21-6-4-7-23(16-21)39-28-9-5-8-27(38-3)25(28)18-31/h4-11,16-17,33H,1,12-15,19H2,2-3H3,(H2,32,34,35). The fraction of sp³-hybridized carbons (Fsp3) is 0.233. The highest BCUT2D eigenvalue weighted by atomic mass is 16.5. The second-order valence-electron chi connectivity index (χ2n) is 9.45. The third-order valence-electron chi connectivity index (χ3n) is 6.80. The molecule has 9 nitrogen and oxygen atoms in total. The van der Waals surface area contributed by atoms with Gasteiger partial charge in [-0.2, -0.15) is 10.2 Å². The number of nitrogens with two attached hydrogens (primary N) is 1. The van der Waals surface area contributed by atoms with E-state index in [-0.39, 0.29) is 5.95 Å². The molecule has 9 heteroatoms. The minimum atomic E-state index is 0.263. The second-order valence-corrected chi connectivity index (χ2v) is 9.45. The average Bonchev–Trinajstić information content (AvgIpc) is 2.95. The topological polar surface area (TPSA) is 113 Å². The maximum absolute atomic E-state index is 9.54. The Kier molecular flexibility index (Phi) is 7.48. The lowest BCUT2D eigenvalue weighted by Crippen LogP contribution is -2.45. The number of nitrogen functional groups attached to an aromatic ring is 1. The van der Waals surface area contributed by atoms with E-state index in [1.54, 1.807) is 18.2 Å². The van der Waals surface area contributed by atoms with Crippen LogP contribution in [0.25, 0.3) is 16.6 Å². The number of nitriles is 1. The average molecular weight is 522 g/mol. The van der Waals surface area contributed by atoms with Gasteiger partial charge in [-0.25, -0.2) is 4.98 Å². The summed E-state index contributed by atoms with van der Waals surface area (Å²) in [5.74, 6) is 2.68. The van der Waals surface area contributed by atoms with Gasteiger partial charge in [0.2, 0.25) is 5.95 Å². The van der Waals surface area contributed by atoms with Gasteiger partial charge in [0.25, 0.3) is 0 Å². The van der Waals surface area contributed by atoms with Crippen molar-refractivity contribution in [2.75, 3.05) is 51.0 Å². The van der Waals surface area contributed by atoms with Crippen LogP contribution in [0, 0.1) is 11.3 Å². The summed E-state index contributed by atoms with van der Waals surface area (Å²) in [6, 6.07) is 21.2. The Bertz CT molecular complexity index is 1560. The Morgan fingerprint density at radius 2 is 1.82 bits per heavy atom. The molecule has 0 radical (unpaired) electrons. The fourth-order valence-electron chi connectivity index (χ4n) is 4.61. The molecule has 1 aliphatic heterocycles. The number of ether oxygens (including phenoxy) is 2. The van der Waals surface area contributed by atoms with E-state index in [4.69, 9.17) is 15.2 Å². The van der Waals surface area contributed by atoms with Gasteiger partial charge in [0.1, 0.15) is 34.7 Å². The van der Waals surface area contributed by atoms with Crippen molar-refractivity contribution in [3.63, 3.8) is 0 Å². The van der Waals surface area contributed by atoms with Gasteiger partial charge in [-0.3, -0.25) is 0 Å². The molecule has 1 aromatic heterocycles. The lowest BCUT2D eigenvalue weighted by Gasteiger charge is -2.33. The van der Waals surface area contributed by atoms with Gasteiger partial charge in [-0.05, 0) is 54.6 Å². The first kappa shape index (κ1) is 25.8. The van der Waals surface area contributed by atoms with Crippen LogP contribution in [0.15, 0.2) is 67.2 Å². The summed E-state index contributed by atoms with van der Waals surface area (Å²) in [4.78, 5) is 13.6. The zero-order valence-electron chi connectivity index (χ0n) is 22.1. The largest absolute Gasteiger partial charge is 0.495 e. The highest BCUT2D eigenvalue weighted by Gasteiger charge is 2.19. The van der Waals surface area contributed by atoms with E-state index in [9.17, 15) is 5.26 Å². The van der Waals surface area contributed by atoms with E-state index in [0.717, 1.165) is 59.7 Å². The lowest BCUT2D eigenvalue weighted by molar-refractivity contribution is 0.312. The first-order valence-corrected chi connectivity index (χ1v) is 12.7. The van der Waals surface area contributed by atoms with Crippen LogP contribution in [-0.4, -0.2) is 55.2 Å². The monoisotopic (exact) mass is 521 g/mol. The van der Waals surface area contributed by atoms with Crippen molar-refractivity contribution in [3.05, 3.63) is 83.9 Å². The van der Waals surface area contributed by atoms with E-state index in [2.05, 4.69) is 44.8 Å². The predicted molar refractivity (Wildman–Crippen MR) is 154 cm³/mol. The van der Waals surface area contributed by atoms with Gasteiger partial charge < -0.3 is 30.3 Å². The van der Waals surface area contributed by atoms with Crippen molar-refractivity contribution < 1.29 is 9.47 Å². The van der Waals surface area contributed by atoms with Crippen LogP contribution in [-0.2, 0) is 6.54 Å². The molecule has 4 aromatic rings. The molecule has 1 fully saturated rings. The minimum Gasteiger partial charge on any atom is -0.495 e. The number of aromatic nitrogens is 2. The van der Waals surface area contributed by atoms with Crippen molar-refractivity contribution in [2.24, 2.45) is 0 Å². The summed E-state index contributed by atoms with van der Waals surface area (Å²) >= 11 is 0. The Morgan fingerprint density at radius 1 is 1.05 bits per heavy atom. The van der Waals surface area contributed by atoms with Gasteiger partial charge in [0, 0.05) is 43.8 Å². The number of piperazine rings is 1. The number of hydrogen-bond acceptors (Lipinski definition) is 9. The Labute approximate surface area is 228 Å². The number of methoxy groups -OCH3 is 1. The van der Waals surface area contributed by atoms with E-state index < -0.39 is 0 Å². The summed E-state index contributed by atoms with van der Waals surface area (Å²) in [7, 11) is 3.66. The Morgan fingerprint density at radius 3 is 2.59 bits per heavy atom. The molecule has 2 heterocycles. The van der Waals surface area contributed by atoms with Crippen LogP contribution < -0.4 is 25.4 Å². The number of benzene rings is 3. The molecule has 0 amide bonds. The second kappa shape index (κ2) is 11.3. The molecule has 3 aromatic carbocycles. The fourth-order valence-corrected chi connectivity index (χ4v) is 4.61.